The largest absolute Gasteiger partial charge is 0.361 e. The highest BCUT2D eigenvalue weighted by molar-refractivity contribution is 5.87. The van der Waals surface area contributed by atoms with Crippen molar-refractivity contribution < 1.29 is 4.39 Å². The van der Waals surface area contributed by atoms with Crippen LogP contribution in [0, 0.1) is 12.9 Å². The second-order valence-electron chi connectivity index (χ2n) is 4.94. The number of aromatic amines is 1. The van der Waals surface area contributed by atoms with Gasteiger partial charge in [-0.25, -0.2) is 4.98 Å². The molecule has 0 unspecified atom stereocenters. The molecule has 0 spiro atoms. The van der Waals surface area contributed by atoms with Crippen LogP contribution in [0.15, 0.2) is 36.7 Å². The van der Waals surface area contributed by atoms with Crippen molar-refractivity contribution in [3.8, 4) is 11.1 Å². The van der Waals surface area contributed by atoms with Gasteiger partial charge in [0, 0.05) is 41.0 Å². The van der Waals surface area contributed by atoms with Crippen molar-refractivity contribution in [1.82, 2.24) is 15.3 Å². The van der Waals surface area contributed by atoms with Crippen LogP contribution in [-0.2, 0) is 6.54 Å². The fourth-order valence-electron chi connectivity index (χ4n) is 2.42. The Bertz CT molecular complexity index is 762. The van der Waals surface area contributed by atoms with Gasteiger partial charge >= 0.3 is 0 Å². The highest BCUT2D eigenvalue weighted by Crippen LogP contribution is 2.26. The Labute approximate surface area is 116 Å². The molecule has 0 aliphatic rings. The number of hydrogen-bond donors (Lipinski definition) is 2. The average Bonchev–Trinajstić information content (AvgIpc) is 2.85. The monoisotopic (exact) mass is 269 g/mol. The number of fused-ring (bicyclic) bond motifs is 1. The molecule has 1 aromatic carbocycles. The zero-order valence-electron chi connectivity index (χ0n) is 11.5. The first-order valence-corrected chi connectivity index (χ1v) is 6.56. The van der Waals surface area contributed by atoms with E-state index in [-0.39, 0.29) is 0 Å². The van der Waals surface area contributed by atoms with Crippen molar-refractivity contribution in [1.29, 1.82) is 0 Å². The standard InChI is InChI=1S/C16H16FN3/c1-10-5-12(8-20-16(10)17)11-3-4-14-13(7-18-2)9-19-15(14)6-11/h3-6,8-9,18-19H,7H2,1-2H3. The van der Waals surface area contributed by atoms with Gasteiger partial charge in [-0.3, -0.25) is 0 Å². The average molecular weight is 269 g/mol. The molecule has 2 N–H and O–H groups in total. The Balaban J connectivity index is 2.06. The summed E-state index contributed by atoms with van der Waals surface area (Å²) in [6.07, 6.45) is 3.58. The normalized spacial score (nSPS) is 11.2. The lowest BCUT2D eigenvalue weighted by Gasteiger charge is -2.04. The Morgan fingerprint density at radius 3 is 2.85 bits per heavy atom. The Morgan fingerprint density at radius 1 is 1.25 bits per heavy atom. The highest BCUT2D eigenvalue weighted by Gasteiger charge is 2.07. The van der Waals surface area contributed by atoms with Gasteiger partial charge in [0.15, 0.2) is 0 Å². The van der Waals surface area contributed by atoms with Crippen molar-refractivity contribution in [2.75, 3.05) is 7.05 Å². The fraction of sp³-hybridized carbons (Fsp3) is 0.188. The Kier molecular flexibility index (Phi) is 3.24. The molecule has 0 radical (unpaired) electrons. The van der Waals surface area contributed by atoms with Gasteiger partial charge in [0.2, 0.25) is 5.95 Å². The van der Waals surface area contributed by atoms with E-state index < -0.39 is 5.95 Å². The van der Waals surface area contributed by atoms with E-state index in [0.29, 0.717) is 5.56 Å². The SMILES string of the molecule is CNCc1c[nH]c2cc(-c3cnc(F)c(C)c3)ccc12. The third-order valence-electron chi connectivity index (χ3n) is 3.48. The summed E-state index contributed by atoms with van der Waals surface area (Å²) in [5.41, 5.74) is 4.84. The van der Waals surface area contributed by atoms with Crippen LogP contribution in [0.5, 0.6) is 0 Å². The molecule has 0 saturated heterocycles. The van der Waals surface area contributed by atoms with Crippen LogP contribution in [0.3, 0.4) is 0 Å². The molecule has 0 bridgehead atoms. The van der Waals surface area contributed by atoms with Gasteiger partial charge in [0.1, 0.15) is 0 Å². The van der Waals surface area contributed by atoms with Crippen LogP contribution in [0.1, 0.15) is 11.1 Å². The lowest BCUT2D eigenvalue weighted by molar-refractivity contribution is 0.575. The Hall–Kier alpha value is -2.20. The van der Waals surface area contributed by atoms with Crippen molar-refractivity contribution in [3.63, 3.8) is 0 Å². The third kappa shape index (κ3) is 2.18. The molecule has 4 heteroatoms. The predicted octanol–water partition coefficient (Wildman–Crippen LogP) is 3.40. The zero-order chi connectivity index (χ0) is 14.1. The highest BCUT2D eigenvalue weighted by atomic mass is 19.1. The van der Waals surface area contributed by atoms with E-state index in [1.165, 1.54) is 10.9 Å². The maximum atomic E-state index is 13.2. The summed E-state index contributed by atoms with van der Waals surface area (Å²) in [6, 6.07) is 8.03. The number of benzene rings is 1. The zero-order valence-corrected chi connectivity index (χ0v) is 11.5. The second kappa shape index (κ2) is 5.06. The molecule has 0 aliphatic heterocycles. The van der Waals surface area contributed by atoms with Gasteiger partial charge in [0.05, 0.1) is 0 Å². The van der Waals surface area contributed by atoms with Crippen LogP contribution in [0.25, 0.3) is 22.0 Å². The number of nitrogens with one attached hydrogen (secondary N) is 2. The molecular weight excluding hydrogens is 253 g/mol. The summed E-state index contributed by atoms with van der Waals surface area (Å²) >= 11 is 0. The topological polar surface area (TPSA) is 40.7 Å². The summed E-state index contributed by atoms with van der Waals surface area (Å²) in [5, 5.41) is 4.35. The van der Waals surface area contributed by atoms with Crippen LogP contribution in [-0.4, -0.2) is 17.0 Å². The van der Waals surface area contributed by atoms with E-state index in [9.17, 15) is 4.39 Å². The summed E-state index contributed by atoms with van der Waals surface area (Å²) in [7, 11) is 1.93. The van der Waals surface area contributed by atoms with Gasteiger partial charge in [-0.05, 0) is 37.2 Å². The predicted molar refractivity (Wildman–Crippen MR) is 79.0 cm³/mol. The lowest BCUT2D eigenvalue weighted by atomic mass is 10.0. The van der Waals surface area contributed by atoms with E-state index in [1.807, 2.05) is 25.4 Å². The summed E-state index contributed by atoms with van der Waals surface area (Å²) < 4.78 is 13.2. The van der Waals surface area contributed by atoms with Crippen LogP contribution >= 0.6 is 0 Å². The van der Waals surface area contributed by atoms with Crippen LogP contribution < -0.4 is 5.32 Å². The number of aryl methyl sites for hydroxylation is 1. The summed E-state index contributed by atoms with van der Waals surface area (Å²) in [4.78, 5) is 7.06. The van der Waals surface area contributed by atoms with E-state index >= 15 is 0 Å². The van der Waals surface area contributed by atoms with E-state index in [2.05, 4.69) is 27.4 Å². The van der Waals surface area contributed by atoms with Crippen molar-refractivity contribution >= 4 is 10.9 Å². The van der Waals surface area contributed by atoms with Crippen LogP contribution in [0.2, 0.25) is 0 Å². The minimum atomic E-state index is -0.411. The second-order valence-corrected chi connectivity index (χ2v) is 4.94. The van der Waals surface area contributed by atoms with Crippen LogP contribution in [0.4, 0.5) is 4.39 Å². The van der Waals surface area contributed by atoms with E-state index in [1.54, 1.807) is 13.1 Å². The fourth-order valence-corrected chi connectivity index (χ4v) is 2.42. The number of halogens is 1. The van der Waals surface area contributed by atoms with Gasteiger partial charge in [0.25, 0.3) is 0 Å². The quantitative estimate of drug-likeness (QED) is 0.715. The first-order chi connectivity index (χ1) is 9.69. The third-order valence-corrected chi connectivity index (χ3v) is 3.48. The van der Waals surface area contributed by atoms with Crippen molar-refractivity contribution in [2.24, 2.45) is 0 Å². The van der Waals surface area contributed by atoms with Crippen molar-refractivity contribution in [2.45, 2.75) is 13.5 Å². The van der Waals surface area contributed by atoms with Gasteiger partial charge in [-0.2, -0.15) is 4.39 Å². The molecule has 102 valence electrons. The molecule has 3 rings (SSSR count). The molecule has 0 saturated carbocycles. The molecule has 0 aliphatic carbocycles. The molecule has 2 heterocycles. The maximum absolute atomic E-state index is 13.2. The molecular formula is C16H16FN3. The number of pyridine rings is 1. The molecule has 0 fully saturated rings. The molecule has 3 nitrogen and oxygen atoms in total. The van der Waals surface area contributed by atoms with E-state index in [4.69, 9.17) is 0 Å². The number of nitrogens with zero attached hydrogens (tertiary/aromatic N) is 1. The number of hydrogen-bond acceptors (Lipinski definition) is 2. The summed E-state index contributed by atoms with van der Waals surface area (Å²) in [5.74, 6) is -0.411. The maximum Gasteiger partial charge on any atom is 0.215 e. The minimum Gasteiger partial charge on any atom is -0.361 e. The Morgan fingerprint density at radius 2 is 2.10 bits per heavy atom. The molecule has 3 aromatic rings. The smallest absolute Gasteiger partial charge is 0.215 e. The van der Waals surface area contributed by atoms with E-state index in [0.717, 1.165) is 23.2 Å². The van der Waals surface area contributed by atoms with Gasteiger partial charge in [-0.15, -0.1) is 0 Å². The first-order valence-electron chi connectivity index (χ1n) is 6.56. The molecule has 0 atom stereocenters. The number of H-pyrrole nitrogens is 1. The summed E-state index contributed by atoms with van der Waals surface area (Å²) in [6.45, 7) is 2.56. The first kappa shape index (κ1) is 12.8. The molecule has 2 aromatic heterocycles. The number of aromatic nitrogens is 2. The van der Waals surface area contributed by atoms with Gasteiger partial charge in [-0.1, -0.05) is 12.1 Å². The van der Waals surface area contributed by atoms with Crippen molar-refractivity contribution in [3.05, 3.63) is 53.7 Å². The molecule has 0 amide bonds. The molecule has 20 heavy (non-hydrogen) atoms. The lowest BCUT2D eigenvalue weighted by Crippen LogP contribution is -2.03. The minimum absolute atomic E-state index is 0.411. The number of rotatable bonds is 3. The van der Waals surface area contributed by atoms with Gasteiger partial charge < -0.3 is 10.3 Å².